The van der Waals surface area contributed by atoms with Gasteiger partial charge in [0.2, 0.25) is 11.8 Å². The molecule has 5 nitrogen and oxygen atoms in total. The Morgan fingerprint density at radius 2 is 1.88 bits per heavy atom. The zero-order valence-electron chi connectivity index (χ0n) is 17.9. The summed E-state index contributed by atoms with van der Waals surface area (Å²) in [5.41, 5.74) is 1.22. The molecule has 0 saturated carbocycles. The van der Waals surface area contributed by atoms with E-state index in [0.29, 0.717) is 49.3 Å². The standard InChI is InChI=1S/C23H25Cl2F2N3O2/c1-29(2)8-7-21(31)28-17-11-18(24)23(19(25)12-17)30-13-14(3-6-22(30)32)9-15-4-5-16(26)10-20(15)27/h4-5,10-12,14H,3,6-9,13H2,1-2H3,(H,28,31). The van der Waals surface area contributed by atoms with E-state index >= 15 is 0 Å². The first kappa shape index (κ1) is 24.4. The third-order valence-corrected chi connectivity index (χ3v) is 5.96. The summed E-state index contributed by atoms with van der Waals surface area (Å²) in [6, 6.07) is 6.64. The molecule has 1 saturated heterocycles. The van der Waals surface area contributed by atoms with Gasteiger partial charge in [0.05, 0.1) is 15.7 Å². The minimum absolute atomic E-state index is 0.0368. The molecule has 1 aliphatic rings. The van der Waals surface area contributed by atoms with Crippen LogP contribution in [0.3, 0.4) is 0 Å². The number of benzene rings is 2. The Morgan fingerprint density at radius 3 is 2.50 bits per heavy atom. The van der Waals surface area contributed by atoms with Gasteiger partial charge in [0.15, 0.2) is 0 Å². The zero-order chi connectivity index (χ0) is 23.4. The van der Waals surface area contributed by atoms with E-state index in [1.54, 1.807) is 12.1 Å². The van der Waals surface area contributed by atoms with Gasteiger partial charge in [-0.2, -0.15) is 0 Å². The van der Waals surface area contributed by atoms with Crippen LogP contribution in [0.2, 0.25) is 10.0 Å². The lowest BCUT2D eigenvalue weighted by Crippen LogP contribution is -2.41. The molecular formula is C23H25Cl2F2N3O2. The van der Waals surface area contributed by atoms with Gasteiger partial charge < -0.3 is 15.1 Å². The van der Waals surface area contributed by atoms with Crippen molar-refractivity contribution in [3.05, 3.63) is 57.6 Å². The Labute approximate surface area is 196 Å². The van der Waals surface area contributed by atoms with Crippen LogP contribution in [0, 0.1) is 17.6 Å². The molecule has 0 aromatic heterocycles. The monoisotopic (exact) mass is 483 g/mol. The van der Waals surface area contributed by atoms with Gasteiger partial charge in [-0.1, -0.05) is 29.3 Å². The van der Waals surface area contributed by atoms with Crippen LogP contribution in [0.4, 0.5) is 20.2 Å². The fraction of sp³-hybridized carbons (Fsp3) is 0.391. The molecule has 172 valence electrons. The third kappa shape index (κ3) is 6.18. The molecule has 1 atom stereocenters. The van der Waals surface area contributed by atoms with Gasteiger partial charge in [-0.15, -0.1) is 0 Å². The molecule has 2 amide bonds. The minimum atomic E-state index is -0.626. The molecule has 0 aliphatic carbocycles. The fourth-order valence-corrected chi connectivity index (χ4v) is 4.43. The van der Waals surface area contributed by atoms with Gasteiger partial charge in [0, 0.05) is 37.7 Å². The van der Waals surface area contributed by atoms with Crippen molar-refractivity contribution in [2.24, 2.45) is 5.92 Å². The van der Waals surface area contributed by atoms with Crippen LogP contribution in [0.5, 0.6) is 0 Å². The highest BCUT2D eigenvalue weighted by molar-refractivity contribution is 6.40. The summed E-state index contributed by atoms with van der Waals surface area (Å²) >= 11 is 12.9. The summed E-state index contributed by atoms with van der Waals surface area (Å²) in [6.07, 6.45) is 1.53. The van der Waals surface area contributed by atoms with Gasteiger partial charge in [0.25, 0.3) is 0 Å². The summed E-state index contributed by atoms with van der Waals surface area (Å²) in [6.45, 7) is 0.910. The average molecular weight is 484 g/mol. The van der Waals surface area contributed by atoms with Crippen LogP contribution in [0.25, 0.3) is 0 Å². The Balaban J connectivity index is 1.75. The molecule has 1 heterocycles. The predicted molar refractivity (Wildman–Crippen MR) is 123 cm³/mol. The molecule has 1 fully saturated rings. The van der Waals surface area contributed by atoms with Crippen molar-refractivity contribution < 1.29 is 18.4 Å². The van der Waals surface area contributed by atoms with Crippen LogP contribution in [-0.2, 0) is 16.0 Å². The number of nitrogens with zero attached hydrogens (tertiary/aromatic N) is 2. The maximum absolute atomic E-state index is 14.1. The Bertz CT molecular complexity index is 994. The second-order valence-corrected chi connectivity index (χ2v) is 9.05. The lowest BCUT2D eigenvalue weighted by Gasteiger charge is -2.34. The number of nitrogens with one attached hydrogen (secondary N) is 1. The van der Waals surface area contributed by atoms with Gasteiger partial charge in [-0.05, 0) is 56.6 Å². The van der Waals surface area contributed by atoms with Crippen LogP contribution < -0.4 is 10.2 Å². The first-order chi connectivity index (χ1) is 15.1. The molecule has 32 heavy (non-hydrogen) atoms. The molecule has 0 bridgehead atoms. The highest BCUT2D eigenvalue weighted by atomic mass is 35.5. The van der Waals surface area contributed by atoms with E-state index in [2.05, 4.69) is 5.32 Å². The van der Waals surface area contributed by atoms with Crippen molar-refractivity contribution in [3.8, 4) is 0 Å². The maximum atomic E-state index is 14.1. The van der Waals surface area contributed by atoms with Crippen molar-refractivity contribution >= 4 is 46.4 Å². The van der Waals surface area contributed by atoms with E-state index < -0.39 is 11.6 Å². The number of hydrogen-bond donors (Lipinski definition) is 1. The molecule has 3 rings (SSSR count). The van der Waals surface area contributed by atoms with E-state index in [0.717, 1.165) is 6.07 Å². The number of halogens is 4. The van der Waals surface area contributed by atoms with Gasteiger partial charge in [-0.3, -0.25) is 9.59 Å². The normalized spacial score (nSPS) is 16.5. The summed E-state index contributed by atoms with van der Waals surface area (Å²) in [4.78, 5) is 28.1. The average Bonchev–Trinajstić information content (AvgIpc) is 2.70. The van der Waals surface area contributed by atoms with Crippen LogP contribution in [0.15, 0.2) is 30.3 Å². The van der Waals surface area contributed by atoms with E-state index in [4.69, 9.17) is 23.2 Å². The predicted octanol–water partition coefficient (Wildman–Crippen LogP) is 5.15. The molecule has 9 heteroatoms. The van der Waals surface area contributed by atoms with E-state index in [1.165, 1.54) is 17.0 Å². The smallest absolute Gasteiger partial charge is 0.227 e. The minimum Gasteiger partial charge on any atom is -0.326 e. The summed E-state index contributed by atoms with van der Waals surface area (Å²) in [5, 5.41) is 3.24. The topological polar surface area (TPSA) is 52.7 Å². The third-order valence-electron chi connectivity index (χ3n) is 5.39. The number of piperidine rings is 1. The molecule has 1 N–H and O–H groups in total. The first-order valence-electron chi connectivity index (χ1n) is 10.3. The van der Waals surface area contributed by atoms with Crippen molar-refractivity contribution in [3.63, 3.8) is 0 Å². The van der Waals surface area contributed by atoms with Crippen molar-refractivity contribution in [2.75, 3.05) is 37.4 Å². The molecular weight excluding hydrogens is 459 g/mol. The number of hydrogen-bond acceptors (Lipinski definition) is 3. The number of carbonyl (C=O) groups excluding carboxylic acids is 2. The molecule has 2 aromatic carbocycles. The van der Waals surface area contributed by atoms with Crippen molar-refractivity contribution in [2.45, 2.75) is 25.7 Å². The number of anilines is 2. The summed E-state index contributed by atoms with van der Waals surface area (Å²) in [5.74, 6) is -1.57. The highest BCUT2D eigenvalue weighted by Gasteiger charge is 2.30. The van der Waals surface area contributed by atoms with Crippen molar-refractivity contribution in [1.29, 1.82) is 0 Å². The second-order valence-electron chi connectivity index (χ2n) is 8.24. The Morgan fingerprint density at radius 1 is 1.19 bits per heavy atom. The Kier molecular flexibility index (Phi) is 8.09. The van der Waals surface area contributed by atoms with Crippen LogP contribution in [0.1, 0.15) is 24.8 Å². The zero-order valence-corrected chi connectivity index (χ0v) is 19.4. The maximum Gasteiger partial charge on any atom is 0.227 e. The molecule has 0 spiro atoms. The lowest BCUT2D eigenvalue weighted by atomic mass is 9.90. The van der Waals surface area contributed by atoms with Gasteiger partial charge in [-0.25, -0.2) is 8.78 Å². The van der Waals surface area contributed by atoms with Gasteiger partial charge >= 0.3 is 0 Å². The fourth-order valence-electron chi connectivity index (χ4n) is 3.74. The number of carbonyl (C=O) groups is 2. The SMILES string of the molecule is CN(C)CCC(=O)Nc1cc(Cl)c(N2CC(Cc3ccc(F)cc3F)CCC2=O)c(Cl)c1. The number of amides is 2. The molecule has 1 aliphatic heterocycles. The molecule has 2 aromatic rings. The lowest BCUT2D eigenvalue weighted by molar-refractivity contribution is -0.120. The van der Waals surface area contributed by atoms with E-state index in [1.807, 2.05) is 19.0 Å². The van der Waals surface area contributed by atoms with E-state index in [9.17, 15) is 18.4 Å². The van der Waals surface area contributed by atoms with Gasteiger partial charge in [0.1, 0.15) is 11.6 Å². The highest BCUT2D eigenvalue weighted by Crippen LogP contribution is 2.39. The summed E-state index contributed by atoms with van der Waals surface area (Å²) in [7, 11) is 3.76. The molecule has 1 unspecified atom stereocenters. The largest absolute Gasteiger partial charge is 0.326 e. The van der Waals surface area contributed by atoms with Crippen LogP contribution >= 0.6 is 23.2 Å². The second kappa shape index (κ2) is 10.6. The quantitative estimate of drug-likeness (QED) is 0.592. The van der Waals surface area contributed by atoms with E-state index in [-0.39, 0.29) is 34.2 Å². The van der Waals surface area contributed by atoms with Crippen LogP contribution in [-0.4, -0.2) is 43.9 Å². The van der Waals surface area contributed by atoms with Crippen molar-refractivity contribution in [1.82, 2.24) is 4.90 Å². The molecule has 0 radical (unpaired) electrons. The first-order valence-corrected chi connectivity index (χ1v) is 11.1. The summed E-state index contributed by atoms with van der Waals surface area (Å²) < 4.78 is 27.3. The Hall–Kier alpha value is -2.22. The number of rotatable bonds is 7.